The molecule has 0 unspecified atom stereocenters. The number of nitrogens with zero attached hydrogens (tertiary/aromatic N) is 1. The third-order valence-electron chi connectivity index (χ3n) is 3.44. The molecule has 1 heterocycles. The van der Waals surface area contributed by atoms with Crippen LogP contribution in [0.2, 0.25) is 0 Å². The molecule has 0 saturated heterocycles. The Kier molecular flexibility index (Phi) is 8.06. The first-order chi connectivity index (χ1) is 13.4. The first-order valence-electron chi connectivity index (χ1n) is 8.61. The quantitative estimate of drug-likeness (QED) is 0.622. The van der Waals surface area contributed by atoms with E-state index in [1.165, 1.54) is 18.2 Å². The lowest BCUT2D eigenvalue weighted by Crippen LogP contribution is -2.24. The highest BCUT2D eigenvalue weighted by molar-refractivity contribution is 5.97. The van der Waals surface area contributed by atoms with Crippen molar-refractivity contribution in [3.63, 3.8) is 0 Å². The van der Waals surface area contributed by atoms with Gasteiger partial charge in [-0.05, 0) is 37.3 Å². The number of hydrogen-bond donors (Lipinski definition) is 1. The molecule has 1 amide bonds. The first-order valence-corrected chi connectivity index (χ1v) is 8.61. The summed E-state index contributed by atoms with van der Waals surface area (Å²) in [6.45, 7) is 1.57. The predicted octanol–water partition coefficient (Wildman–Crippen LogP) is 3.37. The molecule has 0 bridgehead atoms. The van der Waals surface area contributed by atoms with Crippen molar-refractivity contribution in [2.24, 2.45) is 0 Å². The Morgan fingerprint density at radius 3 is 2.64 bits per heavy atom. The van der Waals surface area contributed by atoms with Crippen molar-refractivity contribution in [1.82, 2.24) is 10.3 Å². The maximum absolute atomic E-state index is 12.6. The van der Waals surface area contributed by atoms with Crippen LogP contribution in [-0.4, -0.2) is 43.5 Å². The topological polar surface area (TPSA) is 69.7 Å². The molecule has 0 saturated carbocycles. The van der Waals surface area contributed by atoms with Gasteiger partial charge in [0.15, 0.2) is 6.61 Å². The van der Waals surface area contributed by atoms with Gasteiger partial charge in [0.05, 0.1) is 24.4 Å². The van der Waals surface area contributed by atoms with Gasteiger partial charge in [-0.25, -0.2) is 0 Å². The molecule has 0 aliphatic carbocycles. The molecule has 0 radical (unpaired) electrons. The fraction of sp³-hybridized carbons (Fsp3) is 0.368. The monoisotopic (exact) mass is 398 g/mol. The van der Waals surface area contributed by atoms with Gasteiger partial charge in [0.25, 0.3) is 5.91 Å². The highest BCUT2D eigenvalue weighted by atomic mass is 19.4. The number of aromatic nitrogens is 1. The zero-order chi connectivity index (χ0) is 20.4. The summed E-state index contributed by atoms with van der Waals surface area (Å²) in [6, 6.07) is 9.20. The Hall–Kier alpha value is -2.81. The molecule has 9 heteroatoms. The van der Waals surface area contributed by atoms with Crippen LogP contribution in [0.25, 0.3) is 0 Å². The number of alkyl halides is 3. The van der Waals surface area contributed by atoms with E-state index in [-0.39, 0.29) is 30.2 Å². The Morgan fingerprint density at radius 1 is 1.14 bits per heavy atom. The molecule has 0 spiro atoms. The van der Waals surface area contributed by atoms with E-state index < -0.39 is 18.7 Å². The lowest BCUT2D eigenvalue weighted by atomic mass is 10.1. The highest BCUT2D eigenvalue weighted by Gasteiger charge is 2.28. The molecule has 28 heavy (non-hydrogen) atoms. The van der Waals surface area contributed by atoms with Gasteiger partial charge in [-0.15, -0.1) is 0 Å². The van der Waals surface area contributed by atoms with Crippen LogP contribution in [0.4, 0.5) is 13.2 Å². The summed E-state index contributed by atoms with van der Waals surface area (Å²) in [6.07, 6.45) is -2.89. The van der Waals surface area contributed by atoms with Gasteiger partial charge in [0.1, 0.15) is 18.1 Å². The summed E-state index contributed by atoms with van der Waals surface area (Å²) in [5.41, 5.74) is 0.700. The van der Waals surface area contributed by atoms with Gasteiger partial charge in [-0.2, -0.15) is 13.2 Å². The zero-order valence-electron chi connectivity index (χ0n) is 15.3. The average molecular weight is 398 g/mol. The number of pyridine rings is 1. The third-order valence-corrected chi connectivity index (χ3v) is 3.44. The maximum Gasteiger partial charge on any atom is 0.422 e. The second-order valence-corrected chi connectivity index (χ2v) is 5.61. The minimum atomic E-state index is -4.48. The van der Waals surface area contributed by atoms with E-state index in [2.05, 4.69) is 10.3 Å². The fourth-order valence-electron chi connectivity index (χ4n) is 2.19. The van der Waals surface area contributed by atoms with Crippen molar-refractivity contribution in [2.75, 3.05) is 26.4 Å². The van der Waals surface area contributed by atoms with Gasteiger partial charge in [0.2, 0.25) is 0 Å². The highest BCUT2D eigenvalue weighted by Crippen LogP contribution is 2.26. The molecule has 2 aromatic rings. The molecular formula is C19H21F3N2O4. The number of benzene rings is 1. The van der Waals surface area contributed by atoms with Crippen LogP contribution < -0.4 is 14.8 Å². The standard InChI is InChI=1S/C19H21F3N2O4/c1-2-26-9-10-27-17-7-6-15(28-13-19(20,21)22)11-16(17)18(25)24-12-14-5-3-4-8-23-14/h3-8,11H,2,9-10,12-13H2,1H3,(H,24,25). The van der Waals surface area contributed by atoms with Crippen molar-refractivity contribution in [1.29, 1.82) is 0 Å². The molecule has 0 aliphatic heterocycles. The summed E-state index contributed by atoms with van der Waals surface area (Å²) in [5.74, 6) is -0.385. The molecule has 2 rings (SSSR count). The summed E-state index contributed by atoms with van der Waals surface area (Å²) in [7, 11) is 0. The summed E-state index contributed by atoms with van der Waals surface area (Å²) >= 11 is 0. The number of halogens is 3. The fourth-order valence-corrected chi connectivity index (χ4v) is 2.19. The number of hydrogen-bond acceptors (Lipinski definition) is 5. The van der Waals surface area contributed by atoms with Crippen molar-refractivity contribution in [3.05, 3.63) is 53.9 Å². The number of nitrogens with one attached hydrogen (secondary N) is 1. The number of rotatable bonds is 10. The van der Waals surface area contributed by atoms with E-state index in [9.17, 15) is 18.0 Å². The Morgan fingerprint density at radius 2 is 1.96 bits per heavy atom. The lowest BCUT2D eigenvalue weighted by Gasteiger charge is -2.14. The van der Waals surface area contributed by atoms with Gasteiger partial charge < -0.3 is 19.5 Å². The normalized spacial score (nSPS) is 11.1. The van der Waals surface area contributed by atoms with E-state index in [1.54, 1.807) is 24.4 Å². The predicted molar refractivity (Wildman–Crippen MR) is 95.4 cm³/mol. The summed E-state index contributed by atoms with van der Waals surface area (Å²) < 4.78 is 52.6. The Labute approximate surface area is 160 Å². The van der Waals surface area contributed by atoms with Gasteiger partial charge >= 0.3 is 6.18 Å². The Bertz CT molecular complexity index is 755. The Balaban J connectivity index is 2.11. The van der Waals surface area contributed by atoms with Crippen LogP contribution in [-0.2, 0) is 11.3 Å². The van der Waals surface area contributed by atoms with E-state index in [0.29, 0.717) is 18.9 Å². The van der Waals surface area contributed by atoms with E-state index in [1.807, 2.05) is 6.92 Å². The second kappa shape index (κ2) is 10.5. The van der Waals surface area contributed by atoms with Crippen LogP contribution in [0.1, 0.15) is 23.0 Å². The average Bonchev–Trinajstić information content (AvgIpc) is 2.68. The SMILES string of the molecule is CCOCCOc1ccc(OCC(F)(F)F)cc1C(=O)NCc1ccccn1. The molecule has 152 valence electrons. The van der Waals surface area contributed by atoms with Crippen molar-refractivity contribution < 1.29 is 32.2 Å². The van der Waals surface area contributed by atoms with Crippen molar-refractivity contribution in [2.45, 2.75) is 19.6 Å². The minimum absolute atomic E-state index is 0.0621. The van der Waals surface area contributed by atoms with Crippen molar-refractivity contribution >= 4 is 5.91 Å². The number of carbonyl (C=O) groups excluding carboxylic acids is 1. The smallest absolute Gasteiger partial charge is 0.422 e. The third kappa shape index (κ3) is 7.43. The summed E-state index contributed by atoms with van der Waals surface area (Å²) in [4.78, 5) is 16.7. The van der Waals surface area contributed by atoms with Crippen LogP contribution in [0.3, 0.4) is 0 Å². The number of carbonyl (C=O) groups is 1. The molecule has 1 aromatic carbocycles. The van der Waals surface area contributed by atoms with Gasteiger partial charge in [0, 0.05) is 12.8 Å². The lowest BCUT2D eigenvalue weighted by molar-refractivity contribution is -0.153. The zero-order valence-corrected chi connectivity index (χ0v) is 15.3. The summed E-state index contributed by atoms with van der Waals surface area (Å²) in [5, 5.41) is 2.67. The van der Waals surface area contributed by atoms with Crippen LogP contribution >= 0.6 is 0 Å². The van der Waals surface area contributed by atoms with Gasteiger partial charge in [-0.1, -0.05) is 6.07 Å². The molecule has 0 fully saturated rings. The van der Waals surface area contributed by atoms with Crippen LogP contribution in [0.5, 0.6) is 11.5 Å². The number of ether oxygens (including phenoxy) is 3. The van der Waals surface area contributed by atoms with Gasteiger partial charge in [-0.3, -0.25) is 9.78 Å². The first kappa shape index (κ1) is 21.5. The number of amides is 1. The van der Waals surface area contributed by atoms with Crippen molar-refractivity contribution in [3.8, 4) is 11.5 Å². The van der Waals surface area contributed by atoms with E-state index in [0.717, 1.165) is 0 Å². The molecule has 0 aliphatic rings. The van der Waals surface area contributed by atoms with E-state index in [4.69, 9.17) is 14.2 Å². The maximum atomic E-state index is 12.6. The molecule has 0 atom stereocenters. The molecule has 1 aromatic heterocycles. The largest absolute Gasteiger partial charge is 0.490 e. The molecular weight excluding hydrogens is 377 g/mol. The second-order valence-electron chi connectivity index (χ2n) is 5.61. The van der Waals surface area contributed by atoms with E-state index >= 15 is 0 Å². The van der Waals surface area contributed by atoms with Crippen LogP contribution in [0.15, 0.2) is 42.6 Å². The molecule has 1 N–H and O–H groups in total. The minimum Gasteiger partial charge on any atom is -0.490 e. The van der Waals surface area contributed by atoms with Crippen LogP contribution in [0, 0.1) is 0 Å². The molecule has 6 nitrogen and oxygen atoms in total.